The Bertz CT molecular complexity index is 266. The molecule has 0 radical (unpaired) electrons. The first kappa shape index (κ1) is 16.7. The van der Waals surface area contributed by atoms with Gasteiger partial charge in [0.1, 0.15) is 0 Å². The molecule has 0 saturated heterocycles. The van der Waals surface area contributed by atoms with Gasteiger partial charge in [-0.15, -0.1) is 0 Å². The molecule has 0 aliphatic heterocycles. The van der Waals surface area contributed by atoms with Crippen LogP contribution in [0.1, 0.15) is 46.5 Å². The Kier molecular flexibility index (Phi) is 8.97. The minimum Gasteiger partial charge on any atom is -0.465 e. The molecule has 0 fully saturated rings. The van der Waals surface area contributed by atoms with E-state index >= 15 is 0 Å². The standard InChI is InChI=1S/C14H24O4/c1-5-11(4)9-8-10-12(13(15)17-6-2)14(16)18-7-3/h12H,4-10H2,1-3H3. The number of hydrogen-bond acceptors (Lipinski definition) is 4. The number of hydrogen-bond donors (Lipinski definition) is 0. The highest BCUT2D eigenvalue weighted by atomic mass is 16.6. The van der Waals surface area contributed by atoms with E-state index in [1.807, 2.05) is 6.92 Å². The summed E-state index contributed by atoms with van der Waals surface area (Å²) in [5.74, 6) is -1.77. The zero-order valence-electron chi connectivity index (χ0n) is 11.7. The van der Waals surface area contributed by atoms with Crippen molar-refractivity contribution in [3.8, 4) is 0 Å². The van der Waals surface area contributed by atoms with Crippen molar-refractivity contribution < 1.29 is 19.1 Å². The second-order valence-electron chi connectivity index (χ2n) is 4.05. The molecule has 0 bridgehead atoms. The molecule has 0 heterocycles. The van der Waals surface area contributed by atoms with E-state index in [0.717, 1.165) is 24.8 Å². The minimum absolute atomic E-state index is 0.274. The number of rotatable bonds is 9. The maximum absolute atomic E-state index is 11.7. The van der Waals surface area contributed by atoms with Gasteiger partial charge in [0.2, 0.25) is 0 Å². The lowest BCUT2D eigenvalue weighted by Crippen LogP contribution is -2.28. The summed E-state index contributed by atoms with van der Waals surface area (Å²) >= 11 is 0. The van der Waals surface area contributed by atoms with Crippen LogP contribution in [0.5, 0.6) is 0 Å². The van der Waals surface area contributed by atoms with Crippen molar-refractivity contribution in [1.82, 2.24) is 0 Å². The van der Waals surface area contributed by atoms with E-state index in [2.05, 4.69) is 6.58 Å². The molecular weight excluding hydrogens is 232 g/mol. The molecule has 0 amide bonds. The third kappa shape index (κ3) is 6.42. The summed E-state index contributed by atoms with van der Waals surface area (Å²) in [5, 5.41) is 0. The molecule has 0 saturated carbocycles. The molecule has 0 aliphatic carbocycles. The van der Waals surface area contributed by atoms with Gasteiger partial charge < -0.3 is 9.47 Å². The van der Waals surface area contributed by atoms with Gasteiger partial charge in [0, 0.05) is 0 Å². The highest BCUT2D eigenvalue weighted by Crippen LogP contribution is 2.16. The van der Waals surface area contributed by atoms with Crippen LogP contribution in [0.3, 0.4) is 0 Å². The van der Waals surface area contributed by atoms with Crippen LogP contribution < -0.4 is 0 Å². The molecule has 0 aromatic carbocycles. The lowest BCUT2D eigenvalue weighted by molar-refractivity contribution is -0.161. The topological polar surface area (TPSA) is 52.6 Å². The average Bonchev–Trinajstić information content (AvgIpc) is 2.34. The Labute approximate surface area is 109 Å². The molecule has 0 rings (SSSR count). The van der Waals surface area contributed by atoms with Gasteiger partial charge in [0.25, 0.3) is 0 Å². The van der Waals surface area contributed by atoms with Gasteiger partial charge in [-0.25, -0.2) is 0 Å². The van der Waals surface area contributed by atoms with Crippen LogP contribution >= 0.6 is 0 Å². The summed E-state index contributed by atoms with van der Waals surface area (Å²) in [5.41, 5.74) is 1.13. The molecular formula is C14H24O4. The minimum atomic E-state index is -0.797. The van der Waals surface area contributed by atoms with Crippen molar-refractivity contribution >= 4 is 11.9 Å². The Hall–Kier alpha value is -1.32. The van der Waals surface area contributed by atoms with Crippen LogP contribution in [0.15, 0.2) is 12.2 Å². The number of carbonyl (C=O) groups is 2. The molecule has 0 atom stereocenters. The fraction of sp³-hybridized carbons (Fsp3) is 0.714. The first-order valence-electron chi connectivity index (χ1n) is 6.56. The lowest BCUT2D eigenvalue weighted by Gasteiger charge is -2.14. The fourth-order valence-corrected chi connectivity index (χ4v) is 1.55. The van der Waals surface area contributed by atoms with E-state index in [4.69, 9.17) is 9.47 Å². The van der Waals surface area contributed by atoms with Crippen LogP contribution in [0.2, 0.25) is 0 Å². The summed E-state index contributed by atoms with van der Waals surface area (Å²) in [4.78, 5) is 23.3. The van der Waals surface area contributed by atoms with Crippen LogP contribution in [0, 0.1) is 5.92 Å². The van der Waals surface area contributed by atoms with Crippen molar-refractivity contribution in [2.75, 3.05) is 13.2 Å². The smallest absolute Gasteiger partial charge is 0.320 e. The molecule has 0 aliphatic rings. The third-order valence-electron chi connectivity index (χ3n) is 2.67. The molecule has 0 unspecified atom stereocenters. The second kappa shape index (κ2) is 9.68. The fourth-order valence-electron chi connectivity index (χ4n) is 1.55. The molecule has 0 aromatic heterocycles. The molecule has 0 spiro atoms. The second-order valence-corrected chi connectivity index (χ2v) is 4.05. The highest BCUT2D eigenvalue weighted by Gasteiger charge is 2.28. The van der Waals surface area contributed by atoms with Gasteiger partial charge in [0.05, 0.1) is 13.2 Å². The van der Waals surface area contributed by atoms with E-state index in [0.29, 0.717) is 6.42 Å². The summed E-state index contributed by atoms with van der Waals surface area (Å²) in [6, 6.07) is 0. The van der Waals surface area contributed by atoms with Crippen molar-refractivity contribution in [1.29, 1.82) is 0 Å². The summed E-state index contributed by atoms with van der Waals surface area (Å²) in [6.07, 6.45) is 2.95. The van der Waals surface area contributed by atoms with Gasteiger partial charge in [-0.2, -0.15) is 0 Å². The third-order valence-corrected chi connectivity index (χ3v) is 2.67. The van der Waals surface area contributed by atoms with Gasteiger partial charge >= 0.3 is 11.9 Å². The maximum atomic E-state index is 11.7. The van der Waals surface area contributed by atoms with Crippen LogP contribution in [-0.2, 0) is 19.1 Å². The first-order chi connectivity index (χ1) is 8.56. The average molecular weight is 256 g/mol. The summed E-state index contributed by atoms with van der Waals surface area (Å²) in [6.45, 7) is 9.93. The largest absolute Gasteiger partial charge is 0.465 e. The number of esters is 2. The normalized spacial score (nSPS) is 10.2. The van der Waals surface area contributed by atoms with Gasteiger partial charge in [-0.1, -0.05) is 19.1 Å². The Morgan fingerprint density at radius 2 is 1.56 bits per heavy atom. The Morgan fingerprint density at radius 1 is 1.06 bits per heavy atom. The summed E-state index contributed by atoms with van der Waals surface area (Å²) < 4.78 is 9.79. The van der Waals surface area contributed by atoms with Gasteiger partial charge in [0.15, 0.2) is 5.92 Å². The molecule has 4 heteroatoms. The van der Waals surface area contributed by atoms with E-state index in [9.17, 15) is 9.59 Å². The molecule has 0 aromatic rings. The van der Waals surface area contributed by atoms with E-state index in [-0.39, 0.29) is 13.2 Å². The monoisotopic (exact) mass is 256 g/mol. The predicted octanol–water partition coefficient (Wildman–Crippen LogP) is 2.87. The SMILES string of the molecule is C=C(CC)CCCC(C(=O)OCC)C(=O)OCC. The van der Waals surface area contributed by atoms with Crippen molar-refractivity contribution in [3.63, 3.8) is 0 Å². The highest BCUT2D eigenvalue weighted by molar-refractivity contribution is 5.94. The zero-order chi connectivity index (χ0) is 14.0. The Balaban J connectivity index is 4.33. The van der Waals surface area contributed by atoms with E-state index < -0.39 is 17.9 Å². The number of carbonyl (C=O) groups excluding carboxylic acids is 2. The van der Waals surface area contributed by atoms with Crippen LogP contribution in [0.4, 0.5) is 0 Å². The van der Waals surface area contributed by atoms with Crippen LogP contribution in [0.25, 0.3) is 0 Å². The van der Waals surface area contributed by atoms with E-state index in [1.165, 1.54) is 0 Å². The molecule has 18 heavy (non-hydrogen) atoms. The number of allylic oxidation sites excluding steroid dienone is 1. The summed E-state index contributed by atoms with van der Waals surface area (Å²) in [7, 11) is 0. The van der Waals surface area contributed by atoms with Gasteiger partial charge in [-0.05, 0) is 39.5 Å². The van der Waals surface area contributed by atoms with E-state index in [1.54, 1.807) is 13.8 Å². The van der Waals surface area contributed by atoms with Crippen molar-refractivity contribution in [2.24, 2.45) is 5.92 Å². The quantitative estimate of drug-likeness (QED) is 0.361. The van der Waals surface area contributed by atoms with Crippen molar-refractivity contribution in [3.05, 3.63) is 12.2 Å². The number of ether oxygens (including phenoxy) is 2. The molecule has 4 nitrogen and oxygen atoms in total. The van der Waals surface area contributed by atoms with Crippen molar-refractivity contribution in [2.45, 2.75) is 46.5 Å². The zero-order valence-corrected chi connectivity index (χ0v) is 11.7. The lowest BCUT2D eigenvalue weighted by atomic mass is 9.99. The molecule has 0 N–H and O–H groups in total. The van der Waals surface area contributed by atoms with Crippen LogP contribution in [-0.4, -0.2) is 25.2 Å². The first-order valence-corrected chi connectivity index (χ1v) is 6.56. The Morgan fingerprint density at radius 3 is 1.94 bits per heavy atom. The maximum Gasteiger partial charge on any atom is 0.320 e. The predicted molar refractivity (Wildman–Crippen MR) is 70.0 cm³/mol. The van der Waals surface area contributed by atoms with Gasteiger partial charge in [-0.3, -0.25) is 9.59 Å². The molecule has 104 valence electrons.